The summed E-state index contributed by atoms with van der Waals surface area (Å²) >= 11 is 0. The van der Waals surface area contributed by atoms with Gasteiger partial charge in [0.2, 0.25) is 5.91 Å². The lowest BCUT2D eigenvalue weighted by atomic mass is 9.70. The van der Waals surface area contributed by atoms with Gasteiger partial charge in [0.25, 0.3) is 0 Å². The molecule has 0 radical (unpaired) electrons. The lowest BCUT2D eigenvalue weighted by Crippen LogP contribution is -2.36. The topological polar surface area (TPSA) is 60.7 Å². The van der Waals surface area contributed by atoms with E-state index in [1.54, 1.807) is 0 Å². The lowest BCUT2D eigenvalue weighted by Gasteiger charge is -2.28. The van der Waals surface area contributed by atoms with E-state index in [2.05, 4.69) is 71.6 Å². The van der Waals surface area contributed by atoms with E-state index in [9.17, 15) is 4.79 Å². The molecule has 4 nitrogen and oxygen atoms in total. The monoisotopic (exact) mass is 391 g/mol. The van der Waals surface area contributed by atoms with Crippen molar-refractivity contribution in [2.24, 2.45) is 0 Å². The maximum atomic E-state index is 13.9. The molecule has 0 unspecified atom stereocenters. The summed E-state index contributed by atoms with van der Waals surface area (Å²) in [5.74, 6) is -0.0199. The number of fused-ring (bicyclic) bond motifs is 3. The van der Waals surface area contributed by atoms with Crippen molar-refractivity contribution in [1.29, 1.82) is 0 Å². The van der Waals surface area contributed by atoms with Crippen LogP contribution >= 0.6 is 0 Å². The summed E-state index contributed by atoms with van der Waals surface area (Å²) in [5.41, 5.74) is 7.27. The zero-order valence-electron chi connectivity index (χ0n) is 16.8. The number of aryl methyl sites for hydroxylation is 2. The number of anilines is 1. The predicted molar refractivity (Wildman–Crippen MR) is 121 cm³/mol. The summed E-state index contributed by atoms with van der Waals surface area (Å²) in [5, 5.41) is 5.30. The molecule has 0 saturated carbocycles. The number of hydrogen-bond donors (Lipinski definition) is 3. The van der Waals surface area contributed by atoms with Crippen molar-refractivity contribution in [3.63, 3.8) is 0 Å². The average molecular weight is 391 g/mol. The molecule has 1 amide bonds. The number of hydrogen-bond acceptors (Lipinski definition) is 1. The van der Waals surface area contributed by atoms with Crippen LogP contribution in [-0.4, -0.2) is 15.9 Å². The quantitative estimate of drug-likeness (QED) is 0.363. The summed E-state index contributed by atoms with van der Waals surface area (Å²) in [4.78, 5) is 20.7. The fourth-order valence-electron chi connectivity index (χ4n) is 5.03. The first-order valence-electron chi connectivity index (χ1n) is 10.2. The maximum Gasteiger partial charge on any atom is 0.244 e. The molecule has 3 aromatic carbocycles. The minimum Gasteiger partial charge on any atom is -0.361 e. The first kappa shape index (κ1) is 17.1. The molecule has 0 spiro atoms. The van der Waals surface area contributed by atoms with Gasteiger partial charge in [-0.1, -0.05) is 41.5 Å². The average Bonchev–Trinajstić information content (AvgIpc) is 3.41. The Labute approximate surface area is 173 Å². The summed E-state index contributed by atoms with van der Waals surface area (Å²) in [6.45, 7) is 4.17. The fraction of sp³-hybridized carbons (Fsp3) is 0.115. The zero-order chi connectivity index (χ0) is 20.5. The van der Waals surface area contributed by atoms with E-state index in [1.807, 2.05) is 30.6 Å². The predicted octanol–water partition coefficient (Wildman–Crippen LogP) is 5.55. The van der Waals surface area contributed by atoms with E-state index in [0.29, 0.717) is 0 Å². The third-order valence-electron chi connectivity index (χ3n) is 6.40. The number of aromatic nitrogens is 2. The molecule has 3 heterocycles. The molecule has 0 aliphatic carbocycles. The molecule has 4 heteroatoms. The molecule has 1 aliphatic heterocycles. The second-order valence-corrected chi connectivity index (χ2v) is 8.25. The molecule has 0 atom stereocenters. The molecule has 0 fully saturated rings. The molecular weight excluding hydrogens is 370 g/mol. The highest BCUT2D eigenvalue weighted by Gasteiger charge is 2.52. The number of carbonyl (C=O) groups excluding carboxylic acids is 1. The van der Waals surface area contributed by atoms with E-state index in [-0.39, 0.29) is 5.91 Å². The van der Waals surface area contributed by atoms with Crippen LogP contribution in [0.5, 0.6) is 0 Å². The highest BCUT2D eigenvalue weighted by molar-refractivity contribution is 6.15. The van der Waals surface area contributed by atoms with Crippen LogP contribution in [0.4, 0.5) is 5.69 Å². The molecule has 0 bridgehead atoms. The van der Waals surface area contributed by atoms with Crippen molar-refractivity contribution >= 4 is 33.4 Å². The Bertz CT molecular complexity index is 1390. The summed E-state index contributed by atoms with van der Waals surface area (Å²) in [6, 6.07) is 20.7. The summed E-state index contributed by atoms with van der Waals surface area (Å²) < 4.78 is 0. The van der Waals surface area contributed by atoms with Gasteiger partial charge in [0.15, 0.2) is 0 Å². The van der Waals surface area contributed by atoms with Crippen LogP contribution < -0.4 is 5.32 Å². The largest absolute Gasteiger partial charge is 0.361 e. The van der Waals surface area contributed by atoms with Gasteiger partial charge in [-0.05, 0) is 44.2 Å². The molecule has 30 heavy (non-hydrogen) atoms. The minimum atomic E-state index is -0.936. The minimum absolute atomic E-state index is 0.0199. The number of benzene rings is 3. The standard InChI is InChI=1S/C26H21N3O/c1-15-7-9-22-17(11-15)20(13-27-22)26(19-5-3-4-6-24(19)29-25(26)30)21-14-28-23-10-8-16(2)12-18(21)23/h3-14,27-28H,1-2H3,(H,29,30). The molecular formula is C26H21N3O. The van der Waals surface area contributed by atoms with Crippen molar-refractivity contribution in [2.45, 2.75) is 19.3 Å². The van der Waals surface area contributed by atoms with Crippen molar-refractivity contribution in [2.75, 3.05) is 5.32 Å². The van der Waals surface area contributed by atoms with Crippen LogP contribution in [0.2, 0.25) is 0 Å². The van der Waals surface area contributed by atoms with E-state index >= 15 is 0 Å². The van der Waals surface area contributed by atoms with Gasteiger partial charge in [-0.25, -0.2) is 0 Å². The van der Waals surface area contributed by atoms with Crippen LogP contribution in [0.1, 0.15) is 27.8 Å². The van der Waals surface area contributed by atoms with Gasteiger partial charge < -0.3 is 15.3 Å². The molecule has 146 valence electrons. The second-order valence-electron chi connectivity index (χ2n) is 8.25. The maximum absolute atomic E-state index is 13.9. The van der Waals surface area contributed by atoms with Crippen LogP contribution in [0.15, 0.2) is 73.1 Å². The third kappa shape index (κ3) is 2.08. The molecule has 6 rings (SSSR count). The smallest absolute Gasteiger partial charge is 0.244 e. The van der Waals surface area contributed by atoms with Gasteiger partial charge in [0.05, 0.1) is 0 Å². The van der Waals surface area contributed by atoms with Gasteiger partial charge in [-0.3, -0.25) is 4.79 Å². The fourth-order valence-corrected chi connectivity index (χ4v) is 5.03. The summed E-state index contributed by atoms with van der Waals surface area (Å²) in [7, 11) is 0. The van der Waals surface area contributed by atoms with Gasteiger partial charge >= 0.3 is 0 Å². The van der Waals surface area contributed by atoms with Gasteiger partial charge in [0, 0.05) is 56.6 Å². The Morgan fingerprint density at radius 1 is 0.700 bits per heavy atom. The van der Waals surface area contributed by atoms with E-state index < -0.39 is 5.41 Å². The highest BCUT2D eigenvalue weighted by atomic mass is 16.2. The van der Waals surface area contributed by atoms with E-state index in [4.69, 9.17) is 0 Å². The number of H-pyrrole nitrogens is 2. The Morgan fingerprint density at radius 2 is 1.27 bits per heavy atom. The second kappa shape index (κ2) is 5.86. The van der Waals surface area contributed by atoms with E-state index in [0.717, 1.165) is 44.2 Å². The highest BCUT2D eigenvalue weighted by Crippen LogP contribution is 2.51. The first-order valence-corrected chi connectivity index (χ1v) is 10.2. The van der Waals surface area contributed by atoms with Crippen molar-refractivity contribution in [1.82, 2.24) is 9.97 Å². The number of carbonyl (C=O) groups is 1. The Hall–Kier alpha value is -3.79. The zero-order valence-corrected chi connectivity index (χ0v) is 16.8. The third-order valence-corrected chi connectivity index (χ3v) is 6.40. The lowest BCUT2D eigenvalue weighted by molar-refractivity contribution is -0.118. The number of amides is 1. The van der Waals surface area contributed by atoms with Crippen LogP contribution in [0.3, 0.4) is 0 Å². The van der Waals surface area contributed by atoms with Gasteiger partial charge in [-0.2, -0.15) is 0 Å². The molecule has 1 aliphatic rings. The Morgan fingerprint density at radius 3 is 1.87 bits per heavy atom. The SMILES string of the molecule is Cc1ccc2[nH]cc(C3(c4c[nH]c5ccc(C)cc45)C(=O)Nc4ccccc43)c2c1. The number of aromatic amines is 2. The van der Waals surface area contributed by atoms with Crippen LogP contribution in [0.25, 0.3) is 21.8 Å². The summed E-state index contributed by atoms with van der Waals surface area (Å²) in [6.07, 6.45) is 4.00. The first-order chi connectivity index (χ1) is 14.6. The van der Waals surface area contributed by atoms with Crippen LogP contribution in [0, 0.1) is 13.8 Å². The van der Waals surface area contributed by atoms with Gasteiger partial charge in [-0.15, -0.1) is 0 Å². The Balaban J connectivity index is 1.80. The number of rotatable bonds is 2. The normalized spacial score (nSPS) is 14.9. The number of para-hydroxylation sites is 1. The van der Waals surface area contributed by atoms with Crippen molar-refractivity contribution in [3.8, 4) is 0 Å². The van der Waals surface area contributed by atoms with E-state index in [1.165, 1.54) is 11.1 Å². The Kier molecular flexibility index (Phi) is 3.34. The molecule has 5 aromatic rings. The molecule has 0 saturated heterocycles. The van der Waals surface area contributed by atoms with Crippen molar-refractivity contribution in [3.05, 3.63) is 101 Å². The number of nitrogens with one attached hydrogen (secondary N) is 3. The van der Waals surface area contributed by atoms with Crippen LogP contribution in [-0.2, 0) is 10.2 Å². The molecule has 2 aromatic heterocycles. The van der Waals surface area contributed by atoms with Crippen molar-refractivity contribution < 1.29 is 4.79 Å². The molecule has 3 N–H and O–H groups in total. The van der Waals surface area contributed by atoms with Gasteiger partial charge in [0.1, 0.15) is 5.41 Å².